The first-order chi connectivity index (χ1) is 9.49. The fourth-order valence-electron chi connectivity index (χ4n) is 2.37. The van der Waals surface area contributed by atoms with Crippen LogP contribution in [0.1, 0.15) is 25.8 Å². The summed E-state index contributed by atoms with van der Waals surface area (Å²) in [5, 5.41) is 3.29. The Balaban J connectivity index is 2.82. The number of benzene rings is 1. The monoisotopic (exact) mass is 349 g/mol. The molecule has 0 amide bonds. The second kappa shape index (κ2) is 8.70. The van der Waals surface area contributed by atoms with Crippen LogP contribution in [0.3, 0.4) is 0 Å². The zero-order chi connectivity index (χ0) is 15.1. The Labute approximate surface area is 128 Å². The molecular formula is C15H22BrF2NO. The lowest BCUT2D eigenvalue weighted by atomic mass is 9.96. The molecule has 0 aliphatic rings. The van der Waals surface area contributed by atoms with Crippen LogP contribution in [-0.2, 0) is 11.2 Å². The summed E-state index contributed by atoms with van der Waals surface area (Å²) in [6, 6.07) is 2.72. The lowest BCUT2D eigenvalue weighted by Gasteiger charge is -2.22. The summed E-state index contributed by atoms with van der Waals surface area (Å²) in [6.07, 6.45) is 1.14. The summed E-state index contributed by atoms with van der Waals surface area (Å²) >= 11 is 3.10. The largest absolute Gasteiger partial charge is 0.384 e. The molecule has 0 bridgehead atoms. The minimum atomic E-state index is -0.507. The van der Waals surface area contributed by atoms with E-state index in [2.05, 4.69) is 28.2 Å². The maximum absolute atomic E-state index is 14.0. The van der Waals surface area contributed by atoms with Gasteiger partial charge in [-0.25, -0.2) is 8.78 Å². The van der Waals surface area contributed by atoms with Gasteiger partial charge < -0.3 is 10.1 Å². The summed E-state index contributed by atoms with van der Waals surface area (Å²) < 4.78 is 33.2. The van der Waals surface area contributed by atoms with Crippen molar-refractivity contribution in [2.75, 3.05) is 20.3 Å². The van der Waals surface area contributed by atoms with Crippen LogP contribution < -0.4 is 5.32 Å². The molecule has 5 heteroatoms. The van der Waals surface area contributed by atoms with Crippen LogP contribution in [0.2, 0.25) is 0 Å². The van der Waals surface area contributed by atoms with Crippen LogP contribution in [0.5, 0.6) is 0 Å². The lowest BCUT2D eigenvalue weighted by Crippen LogP contribution is -2.34. The van der Waals surface area contributed by atoms with Gasteiger partial charge in [-0.15, -0.1) is 0 Å². The highest BCUT2D eigenvalue weighted by molar-refractivity contribution is 9.10. The molecule has 2 unspecified atom stereocenters. The Morgan fingerprint density at radius 3 is 2.65 bits per heavy atom. The third-order valence-corrected chi connectivity index (χ3v) is 3.83. The average Bonchev–Trinajstić information content (AvgIpc) is 2.39. The van der Waals surface area contributed by atoms with Crippen LogP contribution in [0.4, 0.5) is 8.78 Å². The molecule has 1 aromatic carbocycles. The first-order valence-electron chi connectivity index (χ1n) is 6.84. The van der Waals surface area contributed by atoms with E-state index in [0.29, 0.717) is 23.4 Å². The van der Waals surface area contributed by atoms with E-state index >= 15 is 0 Å². The van der Waals surface area contributed by atoms with E-state index in [0.717, 1.165) is 13.0 Å². The Morgan fingerprint density at radius 1 is 1.35 bits per heavy atom. The number of rotatable bonds is 8. The molecule has 0 saturated carbocycles. The highest BCUT2D eigenvalue weighted by atomic mass is 79.9. The third kappa shape index (κ3) is 5.11. The second-order valence-electron chi connectivity index (χ2n) is 5.08. The Bertz CT molecular complexity index is 429. The molecule has 0 saturated heterocycles. The van der Waals surface area contributed by atoms with Gasteiger partial charge in [-0.3, -0.25) is 0 Å². The first kappa shape index (κ1) is 17.5. The summed E-state index contributed by atoms with van der Waals surface area (Å²) in [7, 11) is 1.66. The average molecular weight is 350 g/mol. The molecule has 0 heterocycles. The van der Waals surface area contributed by atoms with E-state index in [1.807, 2.05) is 6.92 Å². The van der Waals surface area contributed by atoms with Gasteiger partial charge in [-0.05, 0) is 53.4 Å². The van der Waals surface area contributed by atoms with Gasteiger partial charge in [0.1, 0.15) is 11.6 Å². The molecule has 0 aromatic heterocycles. The molecular weight excluding hydrogens is 328 g/mol. The van der Waals surface area contributed by atoms with Crippen LogP contribution in [0, 0.1) is 17.6 Å². The second-order valence-corrected chi connectivity index (χ2v) is 5.93. The summed E-state index contributed by atoms with van der Waals surface area (Å²) in [4.78, 5) is 0. The molecule has 0 radical (unpaired) electrons. The van der Waals surface area contributed by atoms with Crippen LogP contribution in [0.15, 0.2) is 16.6 Å². The van der Waals surface area contributed by atoms with Crippen LogP contribution in [-0.4, -0.2) is 26.3 Å². The number of nitrogens with one attached hydrogen (secondary N) is 1. The van der Waals surface area contributed by atoms with Gasteiger partial charge >= 0.3 is 0 Å². The minimum Gasteiger partial charge on any atom is -0.384 e. The minimum absolute atomic E-state index is 0.0310. The topological polar surface area (TPSA) is 21.3 Å². The van der Waals surface area contributed by atoms with E-state index in [1.54, 1.807) is 7.11 Å². The van der Waals surface area contributed by atoms with E-state index in [4.69, 9.17) is 4.74 Å². The maximum Gasteiger partial charge on any atom is 0.143 e. The van der Waals surface area contributed by atoms with Gasteiger partial charge in [0.25, 0.3) is 0 Å². The van der Waals surface area contributed by atoms with E-state index in [-0.39, 0.29) is 11.6 Å². The lowest BCUT2D eigenvalue weighted by molar-refractivity contribution is 0.149. The first-order valence-corrected chi connectivity index (χ1v) is 7.63. The Morgan fingerprint density at radius 2 is 2.05 bits per heavy atom. The molecule has 2 nitrogen and oxygen atoms in total. The molecule has 0 fully saturated rings. The molecule has 114 valence electrons. The van der Waals surface area contributed by atoms with Crippen molar-refractivity contribution in [3.63, 3.8) is 0 Å². The standard InChI is InChI=1S/C15H22BrF2NO/c1-4-19-11(7-10(2)9-20-3)8-12-14(17)6-5-13(16)15(12)18/h5-6,10-11,19H,4,7-9H2,1-3H3. The number of halogens is 3. The van der Waals surface area contributed by atoms with Gasteiger partial charge in [-0.1, -0.05) is 13.8 Å². The summed E-state index contributed by atoms with van der Waals surface area (Å²) in [6.45, 7) is 5.47. The Hall–Kier alpha value is -0.520. The highest BCUT2D eigenvalue weighted by Crippen LogP contribution is 2.24. The molecule has 20 heavy (non-hydrogen) atoms. The Kier molecular flexibility index (Phi) is 7.62. The van der Waals surface area contributed by atoms with Gasteiger partial charge in [0.15, 0.2) is 0 Å². The smallest absolute Gasteiger partial charge is 0.143 e. The number of methoxy groups -OCH3 is 1. The quantitative estimate of drug-likeness (QED) is 0.718. The van der Waals surface area contributed by atoms with Crippen LogP contribution in [0.25, 0.3) is 0 Å². The normalized spacial score (nSPS) is 14.3. The molecule has 2 atom stereocenters. The van der Waals surface area contributed by atoms with Gasteiger partial charge in [0, 0.05) is 25.3 Å². The number of hydrogen-bond acceptors (Lipinski definition) is 2. The molecule has 1 aromatic rings. The number of likely N-dealkylation sites (N-methyl/N-ethyl adjacent to an activating group) is 1. The zero-order valence-corrected chi connectivity index (χ0v) is 13.8. The molecule has 0 aliphatic carbocycles. The van der Waals surface area contributed by atoms with Crippen molar-refractivity contribution in [3.05, 3.63) is 33.8 Å². The van der Waals surface area contributed by atoms with Crippen molar-refractivity contribution in [2.45, 2.75) is 32.7 Å². The van der Waals surface area contributed by atoms with Crippen molar-refractivity contribution in [3.8, 4) is 0 Å². The zero-order valence-electron chi connectivity index (χ0n) is 12.2. The van der Waals surface area contributed by atoms with E-state index < -0.39 is 11.6 Å². The van der Waals surface area contributed by atoms with E-state index in [1.165, 1.54) is 12.1 Å². The fraction of sp³-hybridized carbons (Fsp3) is 0.600. The van der Waals surface area contributed by atoms with Crippen molar-refractivity contribution < 1.29 is 13.5 Å². The number of ether oxygens (including phenoxy) is 1. The predicted molar refractivity (Wildman–Crippen MR) is 80.9 cm³/mol. The van der Waals surface area contributed by atoms with Gasteiger partial charge in [0.05, 0.1) is 4.47 Å². The fourth-order valence-corrected chi connectivity index (χ4v) is 2.74. The SMILES string of the molecule is CCNC(Cc1c(F)ccc(Br)c1F)CC(C)COC. The summed E-state index contributed by atoms with van der Waals surface area (Å²) in [5.41, 5.74) is 0.134. The van der Waals surface area contributed by atoms with Gasteiger partial charge in [-0.2, -0.15) is 0 Å². The summed E-state index contributed by atoms with van der Waals surface area (Å²) in [5.74, 6) is -0.664. The van der Waals surface area contributed by atoms with Crippen LogP contribution >= 0.6 is 15.9 Å². The van der Waals surface area contributed by atoms with Crippen molar-refractivity contribution in [1.29, 1.82) is 0 Å². The molecule has 0 aliphatic heterocycles. The maximum atomic E-state index is 14.0. The van der Waals surface area contributed by atoms with Gasteiger partial charge in [0.2, 0.25) is 0 Å². The predicted octanol–water partition coefficient (Wildman–Crippen LogP) is 3.92. The molecule has 1 rings (SSSR count). The number of hydrogen-bond donors (Lipinski definition) is 1. The van der Waals surface area contributed by atoms with E-state index in [9.17, 15) is 8.78 Å². The molecule has 1 N–H and O–H groups in total. The molecule has 0 spiro atoms. The van der Waals surface area contributed by atoms with Crippen molar-refractivity contribution >= 4 is 15.9 Å². The van der Waals surface area contributed by atoms with Crippen molar-refractivity contribution in [1.82, 2.24) is 5.32 Å². The van der Waals surface area contributed by atoms with Crippen molar-refractivity contribution in [2.24, 2.45) is 5.92 Å². The third-order valence-electron chi connectivity index (χ3n) is 3.22. The highest BCUT2D eigenvalue weighted by Gasteiger charge is 2.19.